The second-order valence-electron chi connectivity index (χ2n) is 4.66. The third-order valence-electron chi connectivity index (χ3n) is 3.25. The zero-order valence-corrected chi connectivity index (χ0v) is 10.3. The largest absolute Gasteiger partial charge is 0.508 e. The van der Waals surface area contributed by atoms with Crippen molar-refractivity contribution in [2.24, 2.45) is 0 Å². The maximum absolute atomic E-state index is 13.0. The average Bonchev–Trinajstić information content (AvgIpc) is 2.34. The lowest BCUT2D eigenvalue weighted by Gasteiger charge is -2.30. The fraction of sp³-hybridized carbons (Fsp3) is 0.462. The van der Waals surface area contributed by atoms with E-state index in [1.54, 1.807) is 11.9 Å². The quantitative estimate of drug-likeness (QED) is 0.851. The Hall–Kier alpha value is -1.62. The number of carbonyl (C=O) groups excluding carboxylic acids is 1. The number of nitrogens with one attached hydrogen (secondary N) is 1. The number of carbonyl (C=O) groups is 1. The molecule has 1 atom stereocenters. The molecule has 5 heteroatoms. The Labute approximate surface area is 105 Å². The number of likely N-dealkylation sites (tertiary alicyclic amines) is 1. The van der Waals surface area contributed by atoms with E-state index in [1.807, 2.05) is 0 Å². The molecule has 1 unspecified atom stereocenters. The van der Waals surface area contributed by atoms with Crippen LogP contribution in [-0.2, 0) is 11.3 Å². The molecule has 0 bridgehead atoms. The highest BCUT2D eigenvalue weighted by molar-refractivity contribution is 5.76. The summed E-state index contributed by atoms with van der Waals surface area (Å²) in [5.41, 5.74) is 0.537. The van der Waals surface area contributed by atoms with E-state index in [2.05, 4.69) is 5.32 Å². The van der Waals surface area contributed by atoms with Gasteiger partial charge in [-0.2, -0.15) is 0 Å². The number of phenols is 1. The van der Waals surface area contributed by atoms with Gasteiger partial charge < -0.3 is 15.3 Å². The number of aromatic hydroxyl groups is 1. The fourth-order valence-electron chi connectivity index (χ4n) is 2.13. The number of nitrogens with zero attached hydrogens (tertiary/aromatic N) is 1. The van der Waals surface area contributed by atoms with Gasteiger partial charge in [-0.25, -0.2) is 4.39 Å². The smallest absolute Gasteiger partial charge is 0.222 e. The van der Waals surface area contributed by atoms with Gasteiger partial charge in [0.15, 0.2) is 0 Å². The summed E-state index contributed by atoms with van der Waals surface area (Å²) in [6.45, 7) is 1.05. The third-order valence-corrected chi connectivity index (χ3v) is 3.25. The maximum Gasteiger partial charge on any atom is 0.222 e. The summed E-state index contributed by atoms with van der Waals surface area (Å²) in [5.74, 6) is -0.119. The van der Waals surface area contributed by atoms with E-state index in [4.69, 9.17) is 0 Å². The Kier molecular flexibility index (Phi) is 3.81. The minimum Gasteiger partial charge on any atom is -0.508 e. The van der Waals surface area contributed by atoms with E-state index >= 15 is 0 Å². The molecule has 0 aromatic heterocycles. The standard InChI is InChI=1S/C13H17FN2O2/c1-16-8-11(3-5-13(16)18)15-7-9-6-10(14)2-4-12(9)17/h2,4,6,11,15,17H,3,5,7-8H2,1H3. The van der Waals surface area contributed by atoms with Gasteiger partial charge in [0, 0.05) is 38.2 Å². The highest BCUT2D eigenvalue weighted by Crippen LogP contribution is 2.18. The van der Waals surface area contributed by atoms with E-state index < -0.39 is 0 Å². The number of phenolic OH excluding ortho intramolecular Hbond substituents is 1. The van der Waals surface area contributed by atoms with Gasteiger partial charge in [-0.05, 0) is 24.6 Å². The van der Waals surface area contributed by atoms with E-state index in [0.29, 0.717) is 25.1 Å². The molecular formula is C13H17FN2O2. The van der Waals surface area contributed by atoms with Crippen molar-refractivity contribution in [1.82, 2.24) is 10.2 Å². The third kappa shape index (κ3) is 2.98. The number of halogens is 1. The van der Waals surface area contributed by atoms with Crippen LogP contribution in [0.3, 0.4) is 0 Å². The zero-order valence-electron chi connectivity index (χ0n) is 10.3. The summed E-state index contributed by atoms with van der Waals surface area (Å²) < 4.78 is 13.0. The van der Waals surface area contributed by atoms with Crippen LogP contribution >= 0.6 is 0 Å². The first-order valence-corrected chi connectivity index (χ1v) is 6.01. The minimum atomic E-state index is -0.361. The van der Waals surface area contributed by atoms with Gasteiger partial charge in [0.2, 0.25) is 5.91 Å². The van der Waals surface area contributed by atoms with Crippen LogP contribution in [0, 0.1) is 5.82 Å². The molecule has 0 saturated carbocycles. The highest BCUT2D eigenvalue weighted by Gasteiger charge is 2.22. The number of amides is 1. The Morgan fingerprint density at radius 3 is 3.06 bits per heavy atom. The second kappa shape index (κ2) is 5.35. The first-order chi connectivity index (χ1) is 8.56. The van der Waals surface area contributed by atoms with Crippen LogP contribution in [0.2, 0.25) is 0 Å². The van der Waals surface area contributed by atoms with Gasteiger partial charge in [-0.1, -0.05) is 0 Å². The molecule has 1 heterocycles. The van der Waals surface area contributed by atoms with Crippen LogP contribution in [-0.4, -0.2) is 35.5 Å². The second-order valence-corrected chi connectivity index (χ2v) is 4.66. The average molecular weight is 252 g/mol. The van der Waals surface area contributed by atoms with Crippen molar-refractivity contribution < 1.29 is 14.3 Å². The molecule has 1 aromatic rings. The number of hydrogen-bond donors (Lipinski definition) is 2. The molecule has 0 aliphatic carbocycles. The molecule has 2 rings (SSSR count). The molecule has 0 spiro atoms. The SMILES string of the molecule is CN1CC(NCc2cc(F)ccc2O)CCC1=O. The Bertz CT molecular complexity index is 451. The van der Waals surface area contributed by atoms with Gasteiger partial charge in [0.25, 0.3) is 0 Å². The van der Waals surface area contributed by atoms with Crippen molar-refractivity contribution in [3.05, 3.63) is 29.6 Å². The van der Waals surface area contributed by atoms with Gasteiger partial charge >= 0.3 is 0 Å². The van der Waals surface area contributed by atoms with Crippen molar-refractivity contribution in [2.75, 3.05) is 13.6 Å². The van der Waals surface area contributed by atoms with Crippen LogP contribution < -0.4 is 5.32 Å². The van der Waals surface area contributed by atoms with Gasteiger partial charge in [-0.15, -0.1) is 0 Å². The Morgan fingerprint density at radius 1 is 1.56 bits per heavy atom. The zero-order chi connectivity index (χ0) is 13.1. The van der Waals surface area contributed by atoms with Crippen molar-refractivity contribution in [3.8, 4) is 5.75 Å². The van der Waals surface area contributed by atoms with Gasteiger partial charge in [-0.3, -0.25) is 4.79 Å². The molecule has 1 aromatic carbocycles. The lowest BCUT2D eigenvalue weighted by atomic mass is 10.1. The summed E-state index contributed by atoms with van der Waals surface area (Å²) in [4.78, 5) is 13.0. The van der Waals surface area contributed by atoms with Crippen molar-refractivity contribution >= 4 is 5.91 Å². The lowest BCUT2D eigenvalue weighted by molar-refractivity contribution is -0.132. The van der Waals surface area contributed by atoms with Crippen LogP contribution in [0.4, 0.5) is 4.39 Å². The maximum atomic E-state index is 13.0. The van der Waals surface area contributed by atoms with Crippen LogP contribution in [0.1, 0.15) is 18.4 Å². The molecular weight excluding hydrogens is 235 g/mol. The number of benzene rings is 1. The number of piperidine rings is 1. The van der Waals surface area contributed by atoms with Crippen molar-refractivity contribution in [1.29, 1.82) is 0 Å². The van der Waals surface area contributed by atoms with E-state index in [1.165, 1.54) is 18.2 Å². The fourth-order valence-corrected chi connectivity index (χ4v) is 2.13. The van der Waals surface area contributed by atoms with Crippen LogP contribution in [0.25, 0.3) is 0 Å². The highest BCUT2D eigenvalue weighted by atomic mass is 19.1. The molecule has 1 saturated heterocycles. The van der Waals surface area contributed by atoms with Crippen LogP contribution in [0.15, 0.2) is 18.2 Å². The summed E-state index contributed by atoms with van der Waals surface area (Å²) in [6, 6.07) is 4.09. The first-order valence-electron chi connectivity index (χ1n) is 6.01. The molecule has 1 amide bonds. The molecule has 0 radical (unpaired) electrons. The number of hydrogen-bond acceptors (Lipinski definition) is 3. The van der Waals surface area contributed by atoms with E-state index in [-0.39, 0.29) is 23.5 Å². The van der Waals surface area contributed by atoms with E-state index in [9.17, 15) is 14.3 Å². The predicted octanol–water partition coefficient (Wildman–Crippen LogP) is 1.24. The van der Waals surface area contributed by atoms with Gasteiger partial charge in [0.05, 0.1) is 0 Å². The molecule has 1 aliphatic rings. The predicted molar refractivity (Wildman–Crippen MR) is 65.6 cm³/mol. The van der Waals surface area contributed by atoms with E-state index in [0.717, 1.165) is 6.42 Å². The Morgan fingerprint density at radius 2 is 2.33 bits per heavy atom. The minimum absolute atomic E-state index is 0.0872. The van der Waals surface area contributed by atoms with Crippen molar-refractivity contribution in [3.63, 3.8) is 0 Å². The summed E-state index contributed by atoms with van der Waals surface area (Å²) >= 11 is 0. The summed E-state index contributed by atoms with van der Waals surface area (Å²) in [5, 5.41) is 12.8. The molecule has 1 fully saturated rings. The molecule has 2 N–H and O–H groups in total. The summed E-state index contributed by atoms with van der Waals surface area (Å²) in [7, 11) is 1.77. The lowest BCUT2D eigenvalue weighted by Crippen LogP contribution is -2.46. The van der Waals surface area contributed by atoms with Crippen LogP contribution in [0.5, 0.6) is 5.75 Å². The number of likely N-dealkylation sites (N-methyl/N-ethyl adjacent to an activating group) is 1. The number of rotatable bonds is 3. The van der Waals surface area contributed by atoms with Gasteiger partial charge in [0.1, 0.15) is 11.6 Å². The Balaban J connectivity index is 1.91. The first kappa shape index (κ1) is 12.8. The molecule has 4 nitrogen and oxygen atoms in total. The monoisotopic (exact) mass is 252 g/mol. The summed E-state index contributed by atoms with van der Waals surface area (Å²) in [6.07, 6.45) is 1.31. The molecule has 98 valence electrons. The van der Waals surface area contributed by atoms with Crippen molar-refractivity contribution in [2.45, 2.75) is 25.4 Å². The normalized spacial score (nSPS) is 20.2. The topological polar surface area (TPSA) is 52.6 Å². The molecule has 18 heavy (non-hydrogen) atoms. The molecule has 1 aliphatic heterocycles.